The molecule has 0 spiro atoms. The first kappa shape index (κ1) is 15.0. The Bertz CT molecular complexity index is 447. The smallest absolute Gasteiger partial charge is 0.242 e. The Morgan fingerprint density at radius 3 is 3.15 bits per heavy atom. The molecule has 0 bridgehead atoms. The van der Waals surface area contributed by atoms with Gasteiger partial charge in [-0.05, 0) is 24.3 Å². The predicted octanol–water partition coefficient (Wildman–Crippen LogP) is 1.39. The highest BCUT2D eigenvalue weighted by molar-refractivity contribution is 7.09. The number of rotatable bonds is 7. The molecule has 5 nitrogen and oxygen atoms in total. The molecule has 0 saturated carbocycles. The van der Waals surface area contributed by atoms with E-state index >= 15 is 0 Å². The molecule has 20 heavy (non-hydrogen) atoms. The average Bonchev–Trinajstić information content (AvgIpc) is 3.06. The molecular weight excluding hydrogens is 276 g/mol. The van der Waals surface area contributed by atoms with Crippen LogP contribution in [0.25, 0.3) is 0 Å². The Hall–Kier alpha value is -1.40. The van der Waals surface area contributed by atoms with Crippen LogP contribution in [0.15, 0.2) is 17.5 Å². The van der Waals surface area contributed by atoms with Crippen molar-refractivity contribution in [2.45, 2.75) is 31.8 Å². The number of hydrogen-bond acceptors (Lipinski definition) is 4. The minimum Gasteiger partial charge on any atom is -0.385 e. The van der Waals surface area contributed by atoms with Crippen LogP contribution in [-0.4, -0.2) is 43.0 Å². The zero-order chi connectivity index (χ0) is 14.4. The lowest BCUT2D eigenvalue weighted by Gasteiger charge is -2.23. The molecule has 0 radical (unpaired) electrons. The van der Waals surface area contributed by atoms with Gasteiger partial charge in [0, 0.05) is 31.6 Å². The number of nitrogens with zero attached hydrogens (tertiary/aromatic N) is 1. The van der Waals surface area contributed by atoms with E-state index in [4.69, 9.17) is 4.74 Å². The van der Waals surface area contributed by atoms with Gasteiger partial charge in [0.2, 0.25) is 11.8 Å². The number of likely N-dealkylation sites (tertiary alicyclic amines) is 1. The average molecular weight is 296 g/mol. The van der Waals surface area contributed by atoms with Gasteiger partial charge in [-0.1, -0.05) is 6.07 Å². The Morgan fingerprint density at radius 1 is 1.60 bits per heavy atom. The summed E-state index contributed by atoms with van der Waals surface area (Å²) in [7, 11) is 1.64. The molecule has 1 saturated heterocycles. The third-order valence-electron chi connectivity index (χ3n) is 3.36. The first-order valence-electron chi connectivity index (χ1n) is 6.81. The molecule has 2 rings (SSSR count). The van der Waals surface area contributed by atoms with Crippen LogP contribution in [0.2, 0.25) is 0 Å². The van der Waals surface area contributed by atoms with Gasteiger partial charge in [0.15, 0.2) is 0 Å². The van der Waals surface area contributed by atoms with Gasteiger partial charge < -0.3 is 15.0 Å². The van der Waals surface area contributed by atoms with Crippen LogP contribution in [-0.2, 0) is 20.9 Å². The van der Waals surface area contributed by atoms with Crippen molar-refractivity contribution in [2.75, 3.05) is 20.3 Å². The van der Waals surface area contributed by atoms with Crippen LogP contribution in [0.1, 0.15) is 24.1 Å². The maximum atomic E-state index is 12.2. The Balaban J connectivity index is 1.88. The number of hydrogen-bond donors (Lipinski definition) is 1. The summed E-state index contributed by atoms with van der Waals surface area (Å²) in [6, 6.07) is 3.62. The van der Waals surface area contributed by atoms with Crippen molar-refractivity contribution in [1.29, 1.82) is 0 Å². The fourth-order valence-electron chi connectivity index (χ4n) is 2.32. The van der Waals surface area contributed by atoms with E-state index in [-0.39, 0.29) is 17.9 Å². The molecule has 0 aliphatic carbocycles. The summed E-state index contributed by atoms with van der Waals surface area (Å²) >= 11 is 1.61. The fourth-order valence-corrected chi connectivity index (χ4v) is 3.02. The van der Waals surface area contributed by atoms with Crippen molar-refractivity contribution in [3.8, 4) is 0 Å². The quantitative estimate of drug-likeness (QED) is 0.774. The van der Waals surface area contributed by atoms with Crippen molar-refractivity contribution < 1.29 is 14.3 Å². The molecule has 110 valence electrons. The summed E-state index contributed by atoms with van der Waals surface area (Å²) < 4.78 is 4.94. The minimum atomic E-state index is -0.327. The molecule has 0 unspecified atom stereocenters. The van der Waals surface area contributed by atoms with Crippen LogP contribution in [0.3, 0.4) is 0 Å². The minimum absolute atomic E-state index is 0.0523. The van der Waals surface area contributed by atoms with Gasteiger partial charge in [-0.2, -0.15) is 0 Å². The second-order valence-electron chi connectivity index (χ2n) is 4.79. The lowest BCUT2D eigenvalue weighted by molar-refractivity contribution is -0.135. The van der Waals surface area contributed by atoms with Crippen molar-refractivity contribution in [2.24, 2.45) is 0 Å². The monoisotopic (exact) mass is 296 g/mol. The molecule has 1 aliphatic rings. The van der Waals surface area contributed by atoms with Crippen molar-refractivity contribution in [3.63, 3.8) is 0 Å². The van der Waals surface area contributed by atoms with Crippen LogP contribution >= 0.6 is 11.3 Å². The first-order chi connectivity index (χ1) is 9.72. The molecule has 6 heteroatoms. The number of carbonyl (C=O) groups is 2. The maximum absolute atomic E-state index is 12.2. The van der Waals surface area contributed by atoms with Gasteiger partial charge in [0.05, 0.1) is 6.54 Å². The summed E-state index contributed by atoms with van der Waals surface area (Å²) in [6.45, 7) is 1.75. The van der Waals surface area contributed by atoms with E-state index in [2.05, 4.69) is 5.32 Å². The van der Waals surface area contributed by atoms with Crippen LogP contribution in [0.4, 0.5) is 0 Å². The molecule has 1 aromatic rings. The van der Waals surface area contributed by atoms with Gasteiger partial charge in [-0.25, -0.2) is 0 Å². The fraction of sp³-hybridized carbons (Fsp3) is 0.571. The molecule has 1 fully saturated rings. The van der Waals surface area contributed by atoms with Crippen molar-refractivity contribution in [3.05, 3.63) is 22.4 Å². The van der Waals surface area contributed by atoms with Crippen molar-refractivity contribution >= 4 is 23.2 Å². The lowest BCUT2D eigenvalue weighted by atomic mass is 10.2. The molecule has 1 aliphatic heterocycles. The van der Waals surface area contributed by atoms with Crippen LogP contribution < -0.4 is 5.32 Å². The molecule has 1 N–H and O–H groups in total. The van der Waals surface area contributed by atoms with E-state index in [1.165, 1.54) is 0 Å². The van der Waals surface area contributed by atoms with Gasteiger partial charge in [-0.15, -0.1) is 11.3 Å². The highest BCUT2D eigenvalue weighted by Gasteiger charge is 2.35. The first-order valence-corrected chi connectivity index (χ1v) is 7.69. The standard InChI is InChI=1S/C14H20N2O3S/c1-19-8-3-7-15-14(18)12-5-6-13(17)16(12)10-11-4-2-9-20-11/h2,4,9,12H,3,5-8,10H2,1H3,(H,15,18)/t12-/m1/s1. The second-order valence-corrected chi connectivity index (χ2v) is 5.83. The van der Waals surface area contributed by atoms with Crippen molar-refractivity contribution in [1.82, 2.24) is 10.2 Å². The number of ether oxygens (including phenoxy) is 1. The molecule has 1 aromatic heterocycles. The number of methoxy groups -OCH3 is 1. The van der Waals surface area contributed by atoms with Gasteiger partial charge in [0.1, 0.15) is 6.04 Å². The molecule has 2 heterocycles. The SMILES string of the molecule is COCCCNC(=O)[C@H]1CCC(=O)N1Cc1cccs1. The van der Waals surface area contributed by atoms with E-state index in [1.807, 2.05) is 17.5 Å². The highest BCUT2D eigenvalue weighted by Crippen LogP contribution is 2.23. The summed E-state index contributed by atoms with van der Waals surface area (Å²) in [5, 5.41) is 4.86. The zero-order valence-corrected chi connectivity index (χ0v) is 12.4. The Kier molecular flexibility index (Phi) is 5.55. The highest BCUT2D eigenvalue weighted by atomic mass is 32.1. The number of nitrogens with one attached hydrogen (secondary N) is 1. The van der Waals surface area contributed by atoms with E-state index in [1.54, 1.807) is 23.3 Å². The van der Waals surface area contributed by atoms with E-state index in [0.29, 0.717) is 32.5 Å². The summed E-state index contributed by atoms with van der Waals surface area (Å²) in [5.74, 6) is 0.0129. The van der Waals surface area contributed by atoms with Crippen LogP contribution in [0.5, 0.6) is 0 Å². The van der Waals surface area contributed by atoms with E-state index < -0.39 is 0 Å². The van der Waals surface area contributed by atoms with Gasteiger partial charge >= 0.3 is 0 Å². The van der Waals surface area contributed by atoms with E-state index in [0.717, 1.165) is 11.3 Å². The predicted molar refractivity (Wildman–Crippen MR) is 77.4 cm³/mol. The van der Waals surface area contributed by atoms with E-state index in [9.17, 15) is 9.59 Å². The lowest BCUT2D eigenvalue weighted by Crippen LogP contribution is -2.44. The number of thiophene rings is 1. The number of amides is 2. The summed E-state index contributed by atoms with van der Waals surface area (Å²) in [6.07, 6.45) is 1.86. The molecule has 0 aromatic carbocycles. The molecular formula is C14H20N2O3S. The Labute approximate surface area is 122 Å². The zero-order valence-electron chi connectivity index (χ0n) is 11.6. The Morgan fingerprint density at radius 2 is 2.45 bits per heavy atom. The maximum Gasteiger partial charge on any atom is 0.242 e. The molecule has 2 amide bonds. The third-order valence-corrected chi connectivity index (χ3v) is 4.22. The van der Waals surface area contributed by atoms with Gasteiger partial charge in [-0.3, -0.25) is 9.59 Å². The summed E-state index contributed by atoms with van der Waals surface area (Å²) in [5.41, 5.74) is 0. The summed E-state index contributed by atoms with van der Waals surface area (Å²) in [4.78, 5) is 26.9. The molecule has 1 atom stereocenters. The normalized spacial score (nSPS) is 18.6. The number of carbonyl (C=O) groups excluding carboxylic acids is 2. The van der Waals surface area contributed by atoms with Crippen LogP contribution in [0, 0.1) is 0 Å². The third kappa shape index (κ3) is 3.80. The topological polar surface area (TPSA) is 58.6 Å². The van der Waals surface area contributed by atoms with Gasteiger partial charge in [0.25, 0.3) is 0 Å². The second kappa shape index (κ2) is 7.40. The largest absolute Gasteiger partial charge is 0.385 e.